The summed E-state index contributed by atoms with van der Waals surface area (Å²) in [7, 11) is 0. The van der Waals surface area contributed by atoms with Gasteiger partial charge in [-0.2, -0.15) is 0 Å². The molecule has 0 saturated carbocycles. The van der Waals surface area contributed by atoms with Crippen LogP contribution >= 0.6 is 11.3 Å². The van der Waals surface area contributed by atoms with Crippen LogP contribution in [0, 0.1) is 19.8 Å². The fourth-order valence-electron chi connectivity index (χ4n) is 4.73. The number of carbonyl (C=O) groups is 1. The smallest absolute Gasteiger partial charge is 0.262 e. The maximum atomic E-state index is 13.0. The molecule has 0 bridgehead atoms. The summed E-state index contributed by atoms with van der Waals surface area (Å²) in [6, 6.07) is 0. The second kappa shape index (κ2) is 9.00. The Morgan fingerprint density at radius 3 is 2.58 bits per heavy atom. The summed E-state index contributed by atoms with van der Waals surface area (Å²) >= 11 is 1.53. The molecule has 0 aromatic carbocycles. The van der Waals surface area contributed by atoms with Crippen molar-refractivity contribution < 1.29 is 9.90 Å². The summed E-state index contributed by atoms with van der Waals surface area (Å²) in [6.45, 7) is 10.5. The van der Waals surface area contributed by atoms with Gasteiger partial charge in [0.05, 0.1) is 23.9 Å². The molecule has 2 aliphatic heterocycles. The number of aryl methyl sites for hydroxylation is 2. The summed E-state index contributed by atoms with van der Waals surface area (Å²) in [5.41, 5.74) is -0.102. The van der Waals surface area contributed by atoms with Crippen LogP contribution < -0.4 is 5.56 Å². The van der Waals surface area contributed by atoms with Crippen LogP contribution in [0.1, 0.15) is 49.5 Å². The molecular formula is C23H34N4O3S. The fourth-order valence-corrected chi connectivity index (χ4v) is 5.72. The Morgan fingerprint density at radius 1 is 1.23 bits per heavy atom. The average Bonchev–Trinajstić information content (AvgIpc) is 3.04. The van der Waals surface area contributed by atoms with Crippen LogP contribution in [-0.4, -0.2) is 68.7 Å². The van der Waals surface area contributed by atoms with Gasteiger partial charge in [0.2, 0.25) is 5.91 Å². The van der Waals surface area contributed by atoms with E-state index in [1.165, 1.54) is 28.7 Å². The molecule has 0 aliphatic carbocycles. The number of fused-ring (bicyclic) bond motifs is 1. The molecule has 1 N–H and O–H groups in total. The van der Waals surface area contributed by atoms with Crippen molar-refractivity contribution >= 4 is 27.5 Å². The number of likely N-dealkylation sites (tertiary alicyclic amines) is 2. The molecule has 7 nitrogen and oxygen atoms in total. The lowest BCUT2D eigenvalue weighted by Crippen LogP contribution is -2.50. The minimum Gasteiger partial charge on any atom is -0.388 e. The monoisotopic (exact) mass is 446 g/mol. The third-order valence-corrected chi connectivity index (χ3v) is 8.30. The molecule has 4 rings (SSSR count). The first-order valence-electron chi connectivity index (χ1n) is 11.4. The zero-order valence-electron chi connectivity index (χ0n) is 18.9. The molecule has 1 amide bonds. The van der Waals surface area contributed by atoms with E-state index in [1.807, 2.05) is 18.7 Å². The van der Waals surface area contributed by atoms with Crippen molar-refractivity contribution in [3.05, 3.63) is 27.1 Å². The van der Waals surface area contributed by atoms with E-state index in [1.54, 1.807) is 6.33 Å². The van der Waals surface area contributed by atoms with Crippen molar-refractivity contribution in [1.82, 2.24) is 19.4 Å². The number of piperidine rings is 2. The quantitative estimate of drug-likeness (QED) is 0.764. The molecule has 0 atom stereocenters. The van der Waals surface area contributed by atoms with Crippen LogP contribution in [0.3, 0.4) is 0 Å². The first kappa shape index (κ1) is 22.4. The average molecular weight is 447 g/mol. The van der Waals surface area contributed by atoms with E-state index in [0.717, 1.165) is 40.8 Å². The Morgan fingerprint density at radius 2 is 1.90 bits per heavy atom. The van der Waals surface area contributed by atoms with Crippen LogP contribution in [0.4, 0.5) is 0 Å². The standard InChI is InChI=1S/C23H34N4O3S/c1-16-4-9-25(10-5-16)11-6-19(28)26-12-7-23(30,8-13-26)14-27-15-24-21-20(22(27)29)17(2)18(3)31-21/h15-16,30H,4-14H2,1-3H3. The van der Waals surface area contributed by atoms with Crippen molar-refractivity contribution in [1.29, 1.82) is 0 Å². The highest BCUT2D eigenvalue weighted by molar-refractivity contribution is 7.18. The third kappa shape index (κ3) is 4.86. The number of amides is 1. The van der Waals surface area contributed by atoms with Gasteiger partial charge in [0, 0.05) is 30.9 Å². The lowest BCUT2D eigenvalue weighted by Gasteiger charge is -2.38. The number of hydrogen-bond donors (Lipinski definition) is 1. The van der Waals surface area contributed by atoms with Crippen LogP contribution in [0.15, 0.2) is 11.1 Å². The van der Waals surface area contributed by atoms with Crippen LogP contribution in [-0.2, 0) is 11.3 Å². The number of hydrogen-bond acceptors (Lipinski definition) is 6. The maximum absolute atomic E-state index is 13.0. The van der Waals surface area contributed by atoms with E-state index in [2.05, 4.69) is 16.8 Å². The Hall–Kier alpha value is -1.77. The van der Waals surface area contributed by atoms with Gasteiger partial charge in [-0.15, -0.1) is 11.3 Å². The maximum Gasteiger partial charge on any atom is 0.262 e. The molecule has 2 fully saturated rings. The van der Waals surface area contributed by atoms with Gasteiger partial charge in [0.25, 0.3) is 5.56 Å². The van der Waals surface area contributed by atoms with E-state index in [9.17, 15) is 14.7 Å². The number of rotatable bonds is 5. The van der Waals surface area contributed by atoms with Crippen LogP contribution in [0.2, 0.25) is 0 Å². The predicted molar refractivity (Wildman–Crippen MR) is 124 cm³/mol. The summed E-state index contributed by atoms with van der Waals surface area (Å²) < 4.78 is 1.54. The topological polar surface area (TPSA) is 78.7 Å². The van der Waals surface area contributed by atoms with Crippen molar-refractivity contribution in [2.24, 2.45) is 5.92 Å². The van der Waals surface area contributed by atoms with Gasteiger partial charge in [0.1, 0.15) is 4.83 Å². The second-order valence-corrected chi connectivity index (χ2v) is 10.7. The number of aromatic nitrogens is 2. The molecule has 0 radical (unpaired) electrons. The largest absolute Gasteiger partial charge is 0.388 e. The SMILES string of the molecule is Cc1sc2ncn(CC3(O)CCN(C(=O)CCN4CCC(C)CC4)CC3)c(=O)c2c1C. The number of thiophene rings is 1. The van der Waals surface area contributed by atoms with Crippen molar-refractivity contribution in [3.8, 4) is 0 Å². The van der Waals surface area contributed by atoms with E-state index >= 15 is 0 Å². The molecule has 8 heteroatoms. The van der Waals surface area contributed by atoms with Crippen molar-refractivity contribution in [2.45, 2.75) is 65.0 Å². The van der Waals surface area contributed by atoms with Gasteiger partial charge in [-0.1, -0.05) is 6.92 Å². The zero-order valence-corrected chi connectivity index (χ0v) is 19.7. The van der Waals surface area contributed by atoms with E-state index in [-0.39, 0.29) is 18.0 Å². The van der Waals surface area contributed by atoms with Gasteiger partial charge in [-0.3, -0.25) is 14.2 Å². The fraction of sp³-hybridized carbons (Fsp3) is 0.696. The first-order chi connectivity index (χ1) is 14.8. The Kier molecular flexibility index (Phi) is 6.51. The number of aliphatic hydroxyl groups is 1. The zero-order chi connectivity index (χ0) is 22.2. The Balaban J connectivity index is 1.33. The van der Waals surface area contributed by atoms with Crippen molar-refractivity contribution in [3.63, 3.8) is 0 Å². The van der Waals surface area contributed by atoms with Gasteiger partial charge in [-0.05, 0) is 64.1 Å². The molecule has 2 aromatic heterocycles. The summed E-state index contributed by atoms with van der Waals surface area (Å²) in [5.74, 6) is 0.966. The first-order valence-corrected chi connectivity index (χ1v) is 12.2. The molecule has 2 aromatic rings. The molecule has 170 valence electrons. The molecule has 0 spiro atoms. The Bertz CT molecular complexity index is 998. The van der Waals surface area contributed by atoms with Crippen LogP contribution in [0.25, 0.3) is 10.2 Å². The second-order valence-electron chi connectivity index (χ2n) is 9.52. The third-order valence-electron chi connectivity index (χ3n) is 7.19. The molecule has 2 aliphatic rings. The highest BCUT2D eigenvalue weighted by atomic mass is 32.1. The highest BCUT2D eigenvalue weighted by Gasteiger charge is 2.35. The van der Waals surface area contributed by atoms with Gasteiger partial charge >= 0.3 is 0 Å². The number of nitrogens with zero attached hydrogens (tertiary/aromatic N) is 4. The number of carbonyl (C=O) groups excluding carboxylic acids is 1. The lowest BCUT2D eigenvalue weighted by molar-refractivity contribution is -0.136. The lowest BCUT2D eigenvalue weighted by atomic mass is 9.91. The summed E-state index contributed by atoms with van der Waals surface area (Å²) in [5, 5.41) is 11.8. The normalized spacial score (nSPS) is 20.5. The van der Waals surface area contributed by atoms with Gasteiger partial charge < -0.3 is 14.9 Å². The van der Waals surface area contributed by atoms with Crippen molar-refractivity contribution in [2.75, 3.05) is 32.7 Å². The molecule has 4 heterocycles. The van der Waals surface area contributed by atoms with Gasteiger partial charge in [0.15, 0.2) is 0 Å². The minimum atomic E-state index is -0.988. The molecule has 2 saturated heterocycles. The van der Waals surface area contributed by atoms with E-state index < -0.39 is 5.60 Å². The van der Waals surface area contributed by atoms with E-state index in [4.69, 9.17) is 0 Å². The molecular weight excluding hydrogens is 412 g/mol. The predicted octanol–water partition coefficient (Wildman–Crippen LogP) is 2.55. The Labute approximate surface area is 187 Å². The van der Waals surface area contributed by atoms with Gasteiger partial charge in [-0.25, -0.2) is 4.98 Å². The molecule has 31 heavy (non-hydrogen) atoms. The summed E-state index contributed by atoms with van der Waals surface area (Å²) in [6.07, 6.45) is 5.49. The van der Waals surface area contributed by atoms with Crippen LogP contribution in [0.5, 0.6) is 0 Å². The summed E-state index contributed by atoms with van der Waals surface area (Å²) in [4.78, 5) is 36.2. The highest BCUT2D eigenvalue weighted by Crippen LogP contribution is 2.27. The van der Waals surface area contributed by atoms with E-state index in [0.29, 0.717) is 37.7 Å². The minimum absolute atomic E-state index is 0.0883. The molecule has 0 unspecified atom stereocenters.